The van der Waals surface area contributed by atoms with Gasteiger partial charge in [0.2, 0.25) is 6.41 Å². The van der Waals surface area contributed by atoms with Gasteiger partial charge >= 0.3 is 6.55 Å². The van der Waals surface area contributed by atoms with Crippen LogP contribution >= 0.6 is 11.6 Å². The predicted molar refractivity (Wildman–Crippen MR) is 282 cm³/mol. The number of aromatic nitrogens is 6. The van der Waals surface area contributed by atoms with E-state index in [1.54, 1.807) is 12.1 Å². The fourth-order valence-corrected chi connectivity index (χ4v) is 12.4. The van der Waals surface area contributed by atoms with Crippen molar-refractivity contribution in [3.63, 3.8) is 0 Å². The third-order valence-electron chi connectivity index (χ3n) is 16.2. The Morgan fingerprint density at radius 1 is 0.917 bits per heavy atom. The van der Waals surface area contributed by atoms with Crippen LogP contribution < -0.4 is 19.6 Å². The molecular weight excluding hydrogens is 932 g/mol. The fraction of sp³-hybridized carbons (Fsp3) is 0.564. The Morgan fingerprint density at radius 2 is 1.68 bits per heavy atom. The van der Waals surface area contributed by atoms with Crippen molar-refractivity contribution in [1.82, 2.24) is 40.0 Å². The third kappa shape index (κ3) is 11.2. The van der Waals surface area contributed by atoms with E-state index in [1.165, 1.54) is 59.4 Å². The second-order valence-corrected chi connectivity index (χ2v) is 21.1. The van der Waals surface area contributed by atoms with E-state index < -0.39 is 6.55 Å². The van der Waals surface area contributed by atoms with Crippen LogP contribution in [0.15, 0.2) is 54.9 Å². The zero-order valence-corrected chi connectivity index (χ0v) is 43.4. The minimum absolute atomic E-state index is 0.209. The number of anilines is 5. The van der Waals surface area contributed by atoms with Gasteiger partial charge in [-0.3, -0.25) is 19.5 Å². The topological polar surface area (TPSA) is 133 Å². The summed E-state index contributed by atoms with van der Waals surface area (Å²) in [6, 6.07) is 15.8. The molecule has 5 aromatic rings. The second kappa shape index (κ2) is 23.0. The van der Waals surface area contributed by atoms with Crippen LogP contribution in [0.1, 0.15) is 112 Å². The van der Waals surface area contributed by atoms with Gasteiger partial charge in [-0.1, -0.05) is 44.7 Å². The number of nitrogens with zero attached hydrogens (tertiary/aromatic N) is 12. The van der Waals surface area contributed by atoms with Gasteiger partial charge in [-0.25, -0.2) is 0 Å². The molecular formula is C55H72ClF2N13O. The lowest BCUT2D eigenvalue weighted by atomic mass is 9.78. The van der Waals surface area contributed by atoms with E-state index in [0.29, 0.717) is 17.1 Å². The van der Waals surface area contributed by atoms with Crippen LogP contribution in [0.25, 0.3) is 11.1 Å². The first-order valence-electron chi connectivity index (χ1n) is 26.5. The second-order valence-electron chi connectivity index (χ2n) is 20.7. The number of carbonyl (C=O) groups is 1. The monoisotopic (exact) mass is 1000 g/mol. The maximum Gasteiger partial charge on any atom is 0.316 e. The summed E-state index contributed by atoms with van der Waals surface area (Å²) in [7, 11) is 1.95. The van der Waals surface area contributed by atoms with Crippen molar-refractivity contribution in [3.8, 4) is 17.2 Å². The number of alkyl halides is 2. The smallest absolute Gasteiger partial charge is 0.316 e. The van der Waals surface area contributed by atoms with Gasteiger partial charge < -0.3 is 24.5 Å². The Morgan fingerprint density at radius 3 is 2.35 bits per heavy atom. The zero-order valence-electron chi connectivity index (χ0n) is 42.7. The van der Waals surface area contributed by atoms with Crippen molar-refractivity contribution in [2.45, 2.75) is 123 Å². The highest BCUT2D eigenvalue weighted by molar-refractivity contribution is 6.32. The Bertz CT molecular complexity index is 2640. The standard InChI is InChI=1S/C32H42ClF2N7.C21H24N6O.C2H6/c33-28-20-27(7-6-25(28)21-36)41-19-14-32(23-41)12-17-40(18-13-32)29-8-9-30(38-37-29)42(31(34)35)26-10-15-39(16-11-26)22-24-4-2-1-3-5-24;1-14-8-20-15(9-17(14)16-10-22-25(2)11-16)4-3-6-27(20)21-18-12-26(13-28)7-5-19(18)23-24-21;1-2/h6-9,20,24,26,31H,1-5,10-19,22-23H2;8-11,13H,3-7,12H2,1-2H3,(H,23,24);1-2H3. The van der Waals surface area contributed by atoms with Crippen molar-refractivity contribution >= 4 is 46.8 Å². The summed E-state index contributed by atoms with van der Waals surface area (Å²) in [5, 5.41) is 30.6. The lowest BCUT2D eigenvalue weighted by Crippen LogP contribution is -2.48. The summed E-state index contributed by atoms with van der Waals surface area (Å²) in [6.45, 7) is 12.4. The first kappa shape index (κ1) is 51.1. The molecule has 0 bridgehead atoms. The van der Waals surface area contributed by atoms with E-state index in [0.717, 1.165) is 157 Å². The van der Waals surface area contributed by atoms with Crippen LogP contribution in [0.4, 0.5) is 37.6 Å². The molecule has 8 heterocycles. The first-order valence-corrected chi connectivity index (χ1v) is 26.9. The third-order valence-corrected chi connectivity index (χ3v) is 16.5. The van der Waals surface area contributed by atoms with E-state index >= 15 is 0 Å². The fourth-order valence-electron chi connectivity index (χ4n) is 12.2. The van der Waals surface area contributed by atoms with E-state index in [9.17, 15) is 18.8 Å². The first-order chi connectivity index (χ1) is 35.1. The van der Waals surface area contributed by atoms with Crippen LogP contribution in [0.5, 0.6) is 0 Å². The molecule has 14 nitrogen and oxygen atoms in total. The number of aromatic amines is 1. The van der Waals surface area contributed by atoms with Crippen molar-refractivity contribution in [2.75, 3.05) is 78.5 Å². The zero-order chi connectivity index (χ0) is 50.4. The number of hydrogen-bond donors (Lipinski definition) is 1. The summed E-state index contributed by atoms with van der Waals surface area (Å²) in [4.78, 5) is 23.7. The molecule has 72 heavy (non-hydrogen) atoms. The molecule has 0 unspecified atom stereocenters. The summed E-state index contributed by atoms with van der Waals surface area (Å²) in [6.07, 6.45) is 19.2. The van der Waals surface area contributed by atoms with Crippen molar-refractivity contribution < 1.29 is 13.6 Å². The van der Waals surface area contributed by atoms with Gasteiger partial charge in [0.05, 0.1) is 23.3 Å². The number of halogens is 3. The molecule has 3 saturated heterocycles. The van der Waals surface area contributed by atoms with Gasteiger partial charge in [0, 0.05) is 113 Å². The average Bonchev–Trinajstić information content (AvgIpc) is 4.16. The van der Waals surface area contributed by atoms with E-state index in [4.69, 9.17) is 11.6 Å². The van der Waals surface area contributed by atoms with Gasteiger partial charge in [-0.15, -0.1) is 10.2 Å². The van der Waals surface area contributed by atoms with Crippen LogP contribution in [-0.2, 0) is 31.2 Å². The number of rotatable bonds is 10. The molecule has 2 aromatic carbocycles. The number of likely N-dealkylation sites (tertiary alicyclic amines) is 1. The van der Waals surface area contributed by atoms with Crippen LogP contribution in [0.3, 0.4) is 0 Å². The predicted octanol–water partition coefficient (Wildman–Crippen LogP) is 10.3. The molecule has 384 valence electrons. The minimum Gasteiger partial charge on any atom is -0.371 e. The van der Waals surface area contributed by atoms with Gasteiger partial charge in [0.1, 0.15) is 6.07 Å². The molecule has 1 N–H and O–H groups in total. The molecule has 6 aliphatic rings. The number of amides is 1. The lowest BCUT2D eigenvalue weighted by Gasteiger charge is -2.40. The number of hydrogen-bond acceptors (Lipinski definition) is 11. The van der Waals surface area contributed by atoms with Gasteiger partial charge in [0.25, 0.3) is 0 Å². The van der Waals surface area contributed by atoms with Crippen molar-refractivity contribution in [2.24, 2.45) is 18.4 Å². The summed E-state index contributed by atoms with van der Waals surface area (Å²) in [5.41, 5.74) is 10.3. The summed E-state index contributed by atoms with van der Waals surface area (Å²) < 4.78 is 30.4. The largest absolute Gasteiger partial charge is 0.371 e. The Kier molecular flexibility index (Phi) is 16.3. The van der Waals surface area contributed by atoms with Crippen LogP contribution in [0, 0.1) is 29.6 Å². The average molecular weight is 1000 g/mol. The van der Waals surface area contributed by atoms with Crippen molar-refractivity contribution in [1.29, 1.82) is 5.26 Å². The highest BCUT2D eigenvalue weighted by Gasteiger charge is 2.41. The van der Waals surface area contributed by atoms with E-state index in [1.807, 2.05) is 54.9 Å². The molecule has 11 rings (SSSR count). The van der Waals surface area contributed by atoms with Gasteiger partial charge in [0.15, 0.2) is 17.5 Å². The maximum atomic E-state index is 14.3. The molecule has 3 aromatic heterocycles. The number of benzene rings is 2. The Balaban J connectivity index is 0.000000185. The number of carbonyl (C=O) groups excluding carboxylic acids is 1. The molecule has 5 aliphatic heterocycles. The quantitative estimate of drug-likeness (QED) is 0.106. The van der Waals surface area contributed by atoms with E-state index in [-0.39, 0.29) is 17.3 Å². The number of nitriles is 1. The number of aryl methyl sites for hydroxylation is 3. The van der Waals surface area contributed by atoms with Crippen molar-refractivity contribution in [3.05, 3.63) is 87.8 Å². The summed E-state index contributed by atoms with van der Waals surface area (Å²) >= 11 is 6.29. The lowest BCUT2D eigenvalue weighted by molar-refractivity contribution is -0.118. The minimum atomic E-state index is -2.59. The number of piperidine rings is 2. The Labute approximate surface area is 429 Å². The number of H-pyrrole nitrogens is 1. The van der Waals surface area contributed by atoms with Crippen LogP contribution in [0.2, 0.25) is 5.02 Å². The molecule has 1 aliphatic carbocycles. The van der Waals surface area contributed by atoms with Gasteiger partial charge in [-0.05, 0) is 135 Å². The van der Waals surface area contributed by atoms with Crippen LogP contribution in [-0.4, -0.2) is 118 Å². The molecule has 0 atom stereocenters. The van der Waals surface area contributed by atoms with Gasteiger partial charge in [-0.2, -0.15) is 24.2 Å². The van der Waals surface area contributed by atoms with E-state index in [2.05, 4.69) is 76.4 Å². The summed E-state index contributed by atoms with van der Waals surface area (Å²) in [5.74, 6) is 2.79. The molecule has 0 radical (unpaired) electrons. The normalized spacial score (nSPS) is 19.3. The molecule has 4 fully saturated rings. The maximum absolute atomic E-state index is 14.3. The number of fused-ring (bicyclic) bond motifs is 2. The molecule has 1 spiro atoms. The molecule has 17 heteroatoms. The molecule has 1 amide bonds. The SMILES string of the molecule is CC.Cc1cc2c(cc1-c1cnn(C)c1)CCCN2c1n[nH]c2c1CN(C=O)CC2.N#Cc1ccc(N2CCC3(CCN(c4ccc(N(C(F)F)C5CCN(CC6CCCCC6)CC5)nn4)CC3)C2)cc1Cl. The molecule has 1 saturated carbocycles. The Hall–Kier alpha value is -5.79. The number of nitrogens with one attached hydrogen (secondary N) is 1. The highest BCUT2D eigenvalue weighted by atomic mass is 35.5. The highest BCUT2D eigenvalue weighted by Crippen LogP contribution is 2.44.